The molecule has 4 heteroatoms. The van der Waals surface area contributed by atoms with Gasteiger partial charge < -0.3 is 4.90 Å². The summed E-state index contributed by atoms with van der Waals surface area (Å²) in [7, 11) is 0. The van der Waals surface area contributed by atoms with E-state index in [-0.39, 0.29) is 5.91 Å². The maximum atomic E-state index is 12.3. The molecule has 2 heterocycles. The van der Waals surface area contributed by atoms with Crippen LogP contribution in [0.25, 0.3) is 6.08 Å². The molecule has 2 aromatic rings. The van der Waals surface area contributed by atoms with E-state index in [2.05, 4.69) is 46.7 Å². The first-order valence-electron chi connectivity index (χ1n) is 8.04. The lowest BCUT2D eigenvalue weighted by Crippen LogP contribution is -2.49. The number of benzene rings is 1. The van der Waals surface area contributed by atoms with Crippen molar-refractivity contribution in [1.29, 1.82) is 0 Å². The zero-order valence-electron chi connectivity index (χ0n) is 13.2. The van der Waals surface area contributed by atoms with Crippen LogP contribution in [0.1, 0.15) is 11.1 Å². The molecule has 0 radical (unpaired) electrons. The average molecular weight is 326 g/mol. The lowest BCUT2D eigenvalue weighted by atomic mass is 10.2. The van der Waals surface area contributed by atoms with Crippen LogP contribution >= 0.6 is 11.3 Å². The lowest BCUT2D eigenvalue weighted by molar-refractivity contribution is -0.132. The van der Waals surface area contributed by atoms with Crippen LogP contribution in [0.15, 0.2) is 53.2 Å². The number of carbonyl (C=O) groups excluding carboxylic acids is 1. The van der Waals surface area contributed by atoms with Gasteiger partial charge in [0.15, 0.2) is 0 Å². The predicted molar refractivity (Wildman–Crippen MR) is 96.5 cm³/mol. The summed E-state index contributed by atoms with van der Waals surface area (Å²) in [4.78, 5) is 16.7. The van der Waals surface area contributed by atoms with Crippen LogP contribution in [0, 0.1) is 0 Å². The van der Waals surface area contributed by atoms with Crippen molar-refractivity contribution in [2.24, 2.45) is 0 Å². The Bertz CT molecular complexity index is 629. The maximum absolute atomic E-state index is 12.3. The quantitative estimate of drug-likeness (QED) is 0.843. The fourth-order valence-corrected chi connectivity index (χ4v) is 3.43. The van der Waals surface area contributed by atoms with Crippen LogP contribution in [0.3, 0.4) is 0 Å². The molecule has 0 N–H and O–H groups in total. The highest BCUT2D eigenvalue weighted by atomic mass is 32.1. The smallest absolute Gasteiger partial charge is 0.227 e. The van der Waals surface area contributed by atoms with E-state index < -0.39 is 0 Å². The first-order valence-corrected chi connectivity index (χ1v) is 8.98. The minimum Gasteiger partial charge on any atom is -0.340 e. The summed E-state index contributed by atoms with van der Waals surface area (Å²) in [6, 6.07) is 12.4. The van der Waals surface area contributed by atoms with E-state index in [1.54, 1.807) is 11.3 Å². The van der Waals surface area contributed by atoms with Crippen molar-refractivity contribution in [1.82, 2.24) is 9.80 Å². The van der Waals surface area contributed by atoms with Crippen LogP contribution in [-0.4, -0.2) is 48.4 Å². The summed E-state index contributed by atoms with van der Waals surface area (Å²) in [6.45, 7) is 4.52. The Morgan fingerprint density at radius 3 is 2.57 bits per heavy atom. The van der Waals surface area contributed by atoms with Crippen LogP contribution in [0.4, 0.5) is 0 Å². The molecule has 1 saturated heterocycles. The maximum Gasteiger partial charge on any atom is 0.227 e. The molecule has 23 heavy (non-hydrogen) atoms. The first-order chi connectivity index (χ1) is 11.3. The van der Waals surface area contributed by atoms with Crippen molar-refractivity contribution in [2.45, 2.75) is 6.42 Å². The van der Waals surface area contributed by atoms with E-state index in [1.165, 1.54) is 5.56 Å². The van der Waals surface area contributed by atoms with Crippen LogP contribution in [0.5, 0.6) is 0 Å². The molecule has 0 bridgehead atoms. The summed E-state index contributed by atoms with van der Waals surface area (Å²) >= 11 is 1.65. The number of nitrogens with zero attached hydrogens (tertiary/aromatic N) is 2. The minimum absolute atomic E-state index is 0.253. The molecule has 0 saturated carbocycles. The molecule has 1 aliphatic rings. The van der Waals surface area contributed by atoms with Crippen LogP contribution in [0.2, 0.25) is 0 Å². The zero-order chi connectivity index (χ0) is 15.9. The molecule has 3 rings (SSSR count). The predicted octanol–water partition coefficient (Wildman–Crippen LogP) is 3.15. The van der Waals surface area contributed by atoms with Crippen molar-refractivity contribution in [3.63, 3.8) is 0 Å². The van der Waals surface area contributed by atoms with Crippen molar-refractivity contribution in [2.75, 3.05) is 32.7 Å². The SMILES string of the molecule is O=C(Cc1ccsc1)N1CCN(C/C=C/c2ccccc2)CC1. The molecule has 0 spiro atoms. The standard InChI is InChI=1S/C19H22N2OS/c22-19(15-18-8-14-23-16-18)21-12-10-20(11-13-21)9-4-7-17-5-2-1-3-6-17/h1-8,14,16H,9-13,15H2/b7-4+. The van der Waals surface area contributed by atoms with Gasteiger partial charge in [-0.05, 0) is 28.0 Å². The number of hydrogen-bond acceptors (Lipinski definition) is 3. The number of carbonyl (C=O) groups is 1. The highest BCUT2D eigenvalue weighted by Gasteiger charge is 2.20. The Morgan fingerprint density at radius 1 is 1.09 bits per heavy atom. The Labute approximate surface area is 141 Å². The molecule has 120 valence electrons. The summed E-state index contributed by atoms with van der Waals surface area (Å²) < 4.78 is 0. The lowest BCUT2D eigenvalue weighted by Gasteiger charge is -2.34. The molecule has 0 aliphatic carbocycles. The van der Waals surface area contributed by atoms with Gasteiger partial charge in [-0.1, -0.05) is 42.5 Å². The summed E-state index contributed by atoms with van der Waals surface area (Å²) in [5.41, 5.74) is 2.37. The van der Waals surface area contributed by atoms with E-state index in [0.29, 0.717) is 6.42 Å². The van der Waals surface area contributed by atoms with Gasteiger partial charge in [0, 0.05) is 32.7 Å². The molecule has 1 aromatic carbocycles. The van der Waals surface area contributed by atoms with Gasteiger partial charge in [-0.15, -0.1) is 0 Å². The van der Waals surface area contributed by atoms with Gasteiger partial charge in [0.25, 0.3) is 0 Å². The highest BCUT2D eigenvalue weighted by Crippen LogP contribution is 2.10. The Balaban J connectivity index is 1.41. The Hall–Kier alpha value is -1.91. The van der Waals surface area contributed by atoms with Crippen molar-refractivity contribution >= 4 is 23.3 Å². The summed E-state index contributed by atoms with van der Waals surface area (Å²) in [5, 5.41) is 4.09. The third kappa shape index (κ3) is 4.78. The minimum atomic E-state index is 0.253. The van der Waals surface area contributed by atoms with Gasteiger partial charge in [0.05, 0.1) is 6.42 Å². The van der Waals surface area contributed by atoms with E-state index in [4.69, 9.17) is 0 Å². The molecule has 1 amide bonds. The Morgan fingerprint density at radius 2 is 1.87 bits per heavy atom. The average Bonchev–Trinajstić information content (AvgIpc) is 3.09. The third-order valence-corrected chi connectivity index (χ3v) is 4.87. The topological polar surface area (TPSA) is 23.6 Å². The number of thiophene rings is 1. The van der Waals surface area contributed by atoms with Gasteiger partial charge >= 0.3 is 0 Å². The second-order valence-electron chi connectivity index (χ2n) is 5.80. The van der Waals surface area contributed by atoms with Gasteiger partial charge in [-0.3, -0.25) is 9.69 Å². The molecular weight excluding hydrogens is 304 g/mol. The molecule has 1 aromatic heterocycles. The second kappa shape index (κ2) is 8.09. The van der Waals surface area contributed by atoms with E-state index >= 15 is 0 Å². The molecular formula is C19H22N2OS. The number of hydrogen-bond donors (Lipinski definition) is 0. The van der Waals surface area contributed by atoms with E-state index in [0.717, 1.165) is 38.3 Å². The molecule has 0 atom stereocenters. The van der Waals surface area contributed by atoms with Crippen molar-refractivity contribution in [3.8, 4) is 0 Å². The van der Waals surface area contributed by atoms with Crippen LogP contribution < -0.4 is 0 Å². The highest BCUT2D eigenvalue weighted by molar-refractivity contribution is 7.08. The normalized spacial score (nSPS) is 16.1. The number of amides is 1. The molecule has 0 unspecified atom stereocenters. The number of piperazine rings is 1. The first kappa shape index (κ1) is 16.0. The van der Waals surface area contributed by atoms with Gasteiger partial charge in [0.2, 0.25) is 5.91 Å². The van der Waals surface area contributed by atoms with E-state index in [9.17, 15) is 4.79 Å². The molecule has 3 nitrogen and oxygen atoms in total. The van der Waals surface area contributed by atoms with Crippen molar-refractivity contribution < 1.29 is 4.79 Å². The Kier molecular flexibility index (Phi) is 5.61. The summed E-state index contributed by atoms with van der Waals surface area (Å²) in [5.74, 6) is 0.253. The largest absolute Gasteiger partial charge is 0.340 e. The molecule has 1 fully saturated rings. The second-order valence-corrected chi connectivity index (χ2v) is 6.58. The van der Waals surface area contributed by atoms with Crippen LogP contribution in [-0.2, 0) is 11.2 Å². The monoisotopic (exact) mass is 326 g/mol. The molecule has 1 aliphatic heterocycles. The fraction of sp³-hybridized carbons (Fsp3) is 0.316. The third-order valence-electron chi connectivity index (χ3n) is 4.13. The number of rotatable bonds is 5. The zero-order valence-corrected chi connectivity index (χ0v) is 14.0. The van der Waals surface area contributed by atoms with E-state index in [1.807, 2.05) is 22.4 Å². The van der Waals surface area contributed by atoms with Gasteiger partial charge in [0.1, 0.15) is 0 Å². The van der Waals surface area contributed by atoms with Crippen molar-refractivity contribution in [3.05, 3.63) is 64.4 Å². The summed E-state index contributed by atoms with van der Waals surface area (Å²) in [6.07, 6.45) is 4.91. The van der Waals surface area contributed by atoms with Gasteiger partial charge in [-0.2, -0.15) is 11.3 Å². The fourth-order valence-electron chi connectivity index (χ4n) is 2.76. The van der Waals surface area contributed by atoms with Gasteiger partial charge in [-0.25, -0.2) is 0 Å².